The monoisotopic (exact) mass is 478 g/mol. The summed E-state index contributed by atoms with van der Waals surface area (Å²) in [5.41, 5.74) is 2.14. The summed E-state index contributed by atoms with van der Waals surface area (Å²) in [5, 5.41) is 0. The number of piperidine rings is 1. The third-order valence-electron chi connectivity index (χ3n) is 5.61. The smallest absolute Gasteiger partial charge is 0.343 e. The van der Waals surface area contributed by atoms with E-state index in [1.807, 2.05) is 30.4 Å². The van der Waals surface area contributed by atoms with Crippen molar-refractivity contribution in [2.45, 2.75) is 24.2 Å². The maximum absolute atomic E-state index is 12.8. The van der Waals surface area contributed by atoms with Crippen molar-refractivity contribution in [2.75, 3.05) is 20.2 Å². The second kappa shape index (κ2) is 10.6. The number of pyridine rings is 1. The van der Waals surface area contributed by atoms with E-state index in [0.29, 0.717) is 18.8 Å². The van der Waals surface area contributed by atoms with Crippen LogP contribution in [0.25, 0.3) is 12.2 Å². The minimum absolute atomic E-state index is 0.175. The molecule has 0 radical (unpaired) electrons. The fraction of sp³-hybridized carbons (Fsp3) is 0.231. The Kier molecular flexibility index (Phi) is 7.40. The molecule has 7 nitrogen and oxygen atoms in total. The van der Waals surface area contributed by atoms with E-state index < -0.39 is 16.0 Å². The standard InChI is InChI=1S/C26H26N2O5S/c1-32-25-19-21(6-5-20-13-15-27-16-14-20)7-12-24(25)33-26(29)22-8-10-23(11-9-22)34(30,31)28-17-3-2-4-18-28/h5-16,19H,2-4,17-18H2,1H3/b6-5+. The summed E-state index contributed by atoms with van der Waals surface area (Å²) in [6.45, 7) is 1.05. The van der Waals surface area contributed by atoms with Crippen LogP contribution < -0.4 is 9.47 Å². The lowest BCUT2D eigenvalue weighted by Crippen LogP contribution is -2.35. The number of carbonyl (C=O) groups is 1. The van der Waals surface area contributed by atoms with Crippen molar-refractivity contribution in [3.05, 3.63) is 83.7 Å². The predicted octanol–water partition coefficient (Wildman–Crippen LogP) is 4.65. The van der Waals surface area contributed by atoms with Gasteiger partial charge in [-0.1, -0.05) is 24.6 Å². The summed E-state index contributed by atoms with van der Waals surface area (Å²) in [5.74, 6) is 0.0911. The largest absolute Gasteiger partial charge is 0.493 e. The van der Waals surface area contributed by atoms with Gasteiger partial charge in [-0.25, -0.2) is 13.2 Å². The fourth-order valence-corrected chi connectivity index (χ4v) is 5.23. The van der Waals surface area contributed by atoms with E-state index in [0.717, 1.165) is 30.4 Å². The predicted molar refractivity (Wildman–Crippen MR) is 130 cm³/mol. The van der Waals surface area contributed by atoms with E-state index in [-0.39, 0.29) is 16.2 Å². The Labute approximate surface area is 199 Å². The van der Waals surface area contributed by atoms with Gasteiger partial charge in [0.2, 0.25) is 10.0 Å². The number of sulfonamides is 1. The van der Waals surface area contributed by atoms with Crippen molar-refractivity contribution in [1.29, 1.82) is 0 Å². The van der Waals surface area contributed by atoms with Gasteiger partial charge in [-0.05, 0) is 72.5 Å². The SMILES string of the molecule is COc1cc(/C=C/c2ccncc2)ccc1OC(=O)c1ccc(S(=O)(=O)N2CCCCC2)cc1. The van der Waals surface area contributed by atoms with Crippen LogP contribution >= 0.6 is 0 Å². The quantitative estimate of drug-likeness (QED) is 0.363. The Morgan fingerprint density at radius 2 is 1.56 bits per heavy atom. The summed E-state index contributed by atoms with van der Waals surface area (Å²) >= 11 is 0. The van der Waals surface area contributed by atoms with Crippen LogP contribution in [0.2, 0.25) is 0 Å². The molecule has 2 heterocycles. The van der Waals surface area contributed by atoms with Crippen LogP contribution in [0.3, 0.4) is 0 Å². The molecule has 0 aliphatic carbocycles. The molecular weight excluding hydrogens is 452 g/mol. The molecule has 4 rings (SSSR count). The average molecular weight is 479 g/mol. The van der Waals surface area contributed by atoms with E-state index in [2.05, 4.69) is 4.98 Å². The highest BCUT2D eigenvalue weighted by atomic mass is 32.2. The Morgan fingerprint density at radius 1 is 0.882 bits per heavy atom. The van der Waals surface area contributed by atoms with E-state index in [4.69, 9.17) is 9.47 Å². The number of rotatable bonds is 7. The van der Waals surface area contributed by atoms with Crippen molar-refractivity contribution < 1.29 is 22.7 Å². The molecule has 0 bridgehead atoms. The molecule has 0 atom stereocenters. The molecule has 34 heavy (non-hydrogen) atoms. The first-order chi connectivity index (χ1) is 16.5. The van der Waals surface area contributed by atoms with Gasteiger partial charge >= 0.3 is 5.97 Å². The van der Waals surface area contributed by atoms with Gasteiger partial charge in [0, 0.05) is 25.5 Å². The van der Waals surface area contributed by atoms with Crippen LogP contribution in [0, 0.1) is 0 Å². The molecule has 1 aromatic heterocycles. The first-order valence-corrected chi connectivity index (χ1v) is 12.5. The van der Waals surface area contributed by atoms with Crippen LogP contribution in [0.4, 0.5) is 0 Å². The molecule has 3 aromatic rings. The highest BCUT2D eigenvalue weighted by Crippen LogP contribution is 2.30. The van der Waals surface area contributed by atoms with E-state index in [1.165, 1.54) is 35.7 Å². The topological polar surface area (TPSA) is 85.8 Å². The summed E-state index contributed by atoms with van der Waals surface area (Å²) in [6, 6.07) is 14.9. The number of esters is 1. The lowest BCUT2D eigenvalue weighted by atomic mass is 10.1. The Bertz CT molecular complexity index is 1270. The molecule has 8 heteroatoms. The molecule has 176 valence electrons. The maximum Gasteiger partial charge on any atom is 0.343 e. The molecule has 1 fully saturated rings. The second-order valence-corrected chi connectivity index (χ2v) is 9.84. The highest BCUT2D eigenvalue weighted by molar-refractivity contribution is 7.89. The summed E-state index contributed by atoms with van der Waals surface area (Å²) in [7, 11) is -2.05. The minimum Gasteiger partial charge on any atom is -0.493 e. The molecule has 1 aliphatic rings. The number of hydrogen-bond donors (Lipinski definition) is 0. The molecule has 0 saturated carbocycles. The van der Waals surface area contributed by atoms with Gasteiger partial charge in [0.1, 0.15) is 0 Å². The molecule has 0 spiro atoms. The first kappa shape index (κ1) is 23.7. The Balaban J connectivity index is 1.46. The van der Waals surface area contributed by atoms with Crippen LogP contribution in [0.1, 0.15) is 40.7 Å². The number of benzene rings is 2. The zero-order chi connectivity index (χ0) is 24.0. The minimum atomic E-state index is -3.55. The molecule has 0 N–H and O–H groups in total. The van der Waals surface area contributed by atoms with Gasteiger partial charge in [0.25, 0.3) is 0 Å². The molecule has 0 amide bonds. The molecule has 1 saturated heterocycles. The third-order valence-corrected chi connectivity index (χ3v) is 7.52. The van der Waals surface area contributed by atoms with Crippen LogP contribution in [-0.2, 0) is 10.0 Å². The summed E-state index contributed by atoms with van der Waals surface area (Å²) in [4.78, 5) is 16.9. The molecule has 0 unspecified atom stereocenters. The zero-order valence-electron chi connectivity index (χ0n) is 18.9. The van der Waals surface area contributed by atoms with Crippen LogP contribution in [-0.4, -0.2) is 43.9 Å². The van der Waals surface area contributed by atoms with Crippen molar-refractivity contribution >= 4 is 28.1 Å². The number of ether oxygens (including phenoxy) is 2. The highest BCUT2D eigenvalue weighted by Gasteiger charge is 2.26. The second-order valence-electron chi connectivity index (χ2n) is 7.90. The lowest BCUT2D eigenvalue weighted by molar-refractivity contribution is 0.0729. The van der Waals surface area contributed by atoms with Crippen LogP contribution in [0.15, 0.2) is 71.9 Å². The van der Waals surface area contributed by atoms with Crippen molar-refractivity contribution in [2.24, 2.45) is 0 Å². The zero-order valence-corrected chi connectivity index (χ0v) is 19.7. The van der Waals surface area contributed by atoms with E-state index in [9.17, 15) is 13.2 Å². The van der Waals surface area contributed by atoms with Gasteiger partial charge in [-0.2, -0.15) is 4.31 Å². The van der Waals surface area contributed by atoms with Gasteiger partial charge < -0.3 is 9.47 Å². The maximum atomic E-state index is 12.8. The number of carbonyl (C=O) groups excluding carboxylic acids is 1. The van der Waals surface area contributed by atoms with Crippen molar-refractivity contribution in [3.8, 4) is 11.5 Å². The number of methoxy groups -OCH3 is 1. The van der Waals surface area contributed by atoms with E-state index in [1.54, 1.807) is 24.5 Å². The molecule has 2 aromatic carbocycles. The van der Waals surface area contributed by atoms with Crippen LogP contribution in [0.5, 0.6) is 11.5 Å². The molecular formula is C26H26N2O5S. The normalized spacial score (nSPS) is 14.7. The first-order valence-electron chi connectivity index (χ1n) is 11.1. The number of aromatic nitrogens is 1. The average Bonchev–Trinajstić information content (AvgIpc) is 2.89. The van der Waals surface area contributed by atoms with Gasteiger partial charge in [0.05, 0.1) is 17.6 Å². The Hall–Kier alpha value is -3.49. The van der Waals surface area contributed by atoms with Crippen molar-refractivity contribution in [1.82, 2.24) is 9.29 Å². The molecule has 1 aliphatic heterocycles. The number of hydrogen-bond acceptors (Lipinski definition) is 6. The summed E-state index contributed by atoms with van der Waals surface area (Å²) in [6.07, 6.45) is 10.1. The summed E-state index contributed by atoms with van der Waals surface area (Å²) < 4.78 is 38.0. The lowest BCUT2D eigenvalue weighted by Gasteiger charge is -2.25. The fourth-order valence-electron chi connectivity index (χ4n) is 3.72. The van der Waals surface area contributed by atoms with Gasteiger partial charge in [0.15, 0.2) is 11.5 Å². The Morgan fingerprint density at radius 3 is 2.24 bits per heavy atom. The van der Waals surface area contributed by atoms with Crippen molar-refractivity contribution in [3.63, 3.8) is 0 Å². The van der Waals surface area contributed by atoms with E-state index >= 15 is 0 Å². The van der Waals surface area contributed by atoms with Gasteiger partial charge in [-0.3, -0.25) is 4.98 Å². The number of nitrogens with zero attached hydrogens (tertiary/aromatic N) is 2. The van der Waals surface area contributed by atoms with Gasteiger partial charge in [-0.15, -0.1) is 0 Å². The third kappa shape index (κ3) is 5.52.